The van der Waals surface area contributed by atoms with Gasteiger partial charge in [0.25, 0.3) is 11.6 Å². The lowest BCUT2D eigenvalue weighted by Gasteiger charge is -2.31. The quantitative estimate of drug-likeness (QED) is 0.260. The first-order valence-corrected chi connectivity index (χ1v) is 7.67. The van der Waals surface area contributed by atoms with E-state index in [9.17, 15) is 25.0 Å². The molecule has 0 unspecified atom stereocenters. The molecule has 136 valence electrons. The number of hydrogen-bond donors (Lipinski definition) is 1. The molecular formula is C16H17N5O5. The lowest BCUT2D eigenvalue weighted by atomic mass is 10.2. The summed E-state index contributed by atoms with van der Waals surface area (Å²) in [6.45, 7) is 2.04. The molecule has 10 heteroatoms. The van der Waals surface area contributed by atoms with Crippen LogP contribution < -0.4 is 10.1 Å². The molecule has 1 saturated heterocycles. The highest BCUT2D eigenvalue weighted by Gasteiger charge is 2.18. The van der Waals surface area contributed by atoms with Crippen molar-refractivity contribution in [2.24, 2.45) is 0 Å². The Bertz CT molecular complexity index is 778. The molecule has 1 N–H and O–H groups in total. The molecule has 1 aromatic rings. The van der Waals surface area contributed by atoms with E-state index in [-0.39, 0.29) is 22.7 Å². The molecule has 0 aliphatic carbocycles. The van der Waals surface area contributed by atoms with E-state index in [4.69, 9.17) is 4.74 Å². The maximum atomic E-state index is 12.3. The fourth-order valence-electron chi connectivity index (χ4n) is 2.38. The number of nitro benzene ring substituents is 1. The topological polar surface area (TPSA) is 129 Å². The van der Waals surface area contributed by atoms with Gasteiger partial charge in [0.15, 0.2) is 0 Å². The first-order chi connectivity index (χ1) is 12.5. The Morgan fingerprint density at radius 3 is 2.54 bits per heavy atom. The number of amides is 2. The Kier molecular flexibility index (Phi) is 6.10. The first kappa shape index (κ1) is 18.7. The minimum absolute atomic E-state index is 0.115. The summed E-state index contributed by atoms with van der Waals surface area (Å²) in [6, 6.07) is 5.59. The summed E-state index contributed by atoms with van der Waals surface area (Å²) in [4.78, 5) is 36.7. The van der Waals surface area contributed by atoms with Gasteiger partial charge in [0.2, 0.25) is 6.41 Å². The lowest BCUT2D eigenvalue weighted by molar-refractivity contribution is -0.384. The van der Waals surface area contributed by atoms with Crippen molar-refractivity contribution in [3.63, 3.8) is 0 Å². The number of piperazine rings is 1. The van der Waals surface area contributed by atoms with Gasteiger partial charge in [0.1, 0.15) is 17.4 Å². The largest absolute Gasteiger partial charge is 0.494 e. The molecule has 0 saturated carbocycles. The predicted molar refractivity (Wildman–Crippen MR) is 91.2 cm³/mol. The number of carbonyl (C=O) groups is 2. The van der Waals surface area contributed by atoms with E-state index in [2.05, 4.69) is 5.32 Å². The molecule has 26 heavy (non-hydrogen) atoms. The molecule has 0 spiro atoms. The maximum absolute atomic E-state index is 12.3. The number of hydrogen-bond acceptors (Lipinski definition) is 7. The van der Waals surface area contributed by atoms with E-state index in [0.29, 0.717) is 26.2 Å². The Hall–Kier alpha value is -3.61. The van der Waals surface area contributed by atoms with Crippen LogP contribution in [0.2, 0.25) is 0 Å². The smallest absolute Gasteiger partial charge is 0.273 e. The Labute approximate surface area is 149 Å². The van der Waals surface area contributed by atoms with Crippen LogP contribution in [-0.2, 0) is 9.59 Å². The van der Waals surface area contributed by atoms with Crippen molar-refractivity contribution >= 4 is 23.7 Å². The summed E-state index contributed by atoms with van der Waals surface area (Å²) < 4.78 is 5.05. The molecule has 2 rings (SSSR count). The fourth-order valence-corrected chi connectivity index (χ4v) is 2.38. The van der Waals surface area contributed by atoms with Crippen molar-refractivity contribution in [3.8, 4) is 11.8 Å². The van der Waals surface area contributed by atoms with Gasteiger partial charge in [-0.3, -0.25) is 19.7 Å². The van der Waals surface area contributed by atoms with Crippen molar-refractivity contribution in [3.05, 3.63) is 40.1 Å². The molecule has 1 aliphatic rings. The summed E-state index contributed by atoms with van der Waals surface area (Å²) in [5.74, 6) is -0.540. The number of nitrogens with one attached hydrogen (secondary N) is 1. The highest BCUT2D eigenvalue weighted by atomic mass is 16.6. The Balaban J connectivity index is 2.12. The number of methoxy groups -OCH3 is 1. The average molecular weight is 359 g/mol. The number of rotatable bonds is 6. The standard InChI is InChI=1S/C16H17N5O5/c1-26-15-8-13(21(24)25)2-3-14(15)18-16(23)12(9-17)10-19-4-6-20(11-22)7-5-19/h2-3,8,10-11H,4-7H2,1H3,(H,18,23)/b12-10-. The number of ether oxygens (including phenoxy) is 1. The molecule has 0 radical (unpaired) electrons. The van der Waals surface area contributed by atoms with Gasteiger partial charge in [-0.2, -0.15) is 5.26 Å². The zero-order chi connectivity index (χ0) is 19.1. The van der Waals surface area contributed by atoms with Gasteiger partial charge in [-0.25, -0.2) is 0 Å². The van der Waals surface area contributed by atoms with Crippen molar-refractivity contribution < 1.29 is 19.2 Å². The van der Waals surface area contributed by atoms with E-state index in [1.165, 1.54) is 31.5 Å². The molecule has 1 fully saturated rings. The van der Waals surface area contributed by atoms with Gasteiger partial charge in [-0.1, -0.05) is 0 Å². The zero-order valence-corrected chi connectivity index (χ0v) is 14.0. The molecule has 2 amide bonds. The number of nitro groups is 1. The third-order valence-corrected chi connectivity index (χ3v) is 3.82. The third-order valence-electron chi connectivity index (χ3n) is 3.82. The Morgan fingerprint density at radius 2 is 2.00 bits per heavy atom. The predicted octanol–water partition coefficient (Wildman–Crippen LogP) is 0.723. The van der Waals surface area contributed by atoms with E-state index >= 15 is 0 Å². The van der Waals surface area contributed by atoms with Crippen LogP contribution >= 0.6 is 0 Å². The molecular weight excluding hydrogens is 342 g/mol. The zero-order valence-electron chi connectivity index (χ0n) is 14.0. The van der Waals surface area contributed by atoms with Crippen LogP contribution in [-0.4, -0.2) is 60.3 Å². The van der Waals surface area contributed by atoms with Gasteiger partial charge in [-0.15, -0.1) is 0 Å². The summed E-state index contributed by atoms with van der Waals surface area (Å²) in [7, 11) is 1.32. The molecule has 0 aromatic heterocycles. The van der Waals surface area contributed by atoms with Crippen LogP contribution in [0.5, 0.6) is 5.75 Å². The van der Waals surface area contributed by atoms with Crippen LogP contribution in [0.1, 0.15) is 0 Å². The number of nitriles is 1. The highest BCUT2D eigenvalue weighted by Crippen LogP contribution is 2.29. The van der Waals surface area contributed by atoms with E-state index in [0.717, 1.165) is 6.41 Å². The van der Waals surface area contributed by atoms with Gasteiger partial charge in [0, 0.05) is 38.4 Å². The minimum Gasteiger partial charge on any atom is -0.494 e. The summed E-state index contributed by atoms with van der Waals surface area (Å²) in [5.41, 5.74) is -0.0797. The molecule has 1 heterocycles. The fraction of sp³-hybridized carbons (Fsp3) is 0.312. The SMILES string of the molecule is COc1cc([N+](=O)[O-])ccc1NC(=O)/C(C#N)=C\N1CCN(C=O)CC1. The second-order valence-corrected chi connectivity index (χ2v) is 5.43. The number of carbonyl (C=O) groups excluding carboxylic acids is 2. The van der Waals surface area contributed by atoms with Crippen LogP contribution in [0.3, 0.4) is 0 Å². The summed E-state index contributed by atoms with van der Waals surface area (Å²) in [5, 5.41) is 22.6. The van der Waals surface area contributed by atoms with E-state index in [1.54, 1.807) is 9.80 Å². The Morgan fingerprint density at radius 1 is 1.35 bits per heavy atom. The molecule has 1 aromatic carbocycles. The maximum Gasteiger partial charge on any atom is 0.273 e. The summed E-state index contributed by atoms with van der Waals surface area (Å²) in [6.07, 6.45) is 2.20. The van der Waals surface area contributed by atoms with Gasteiger partial charge in [0.05, 0.1) is 23.8 Å². The lowest BCUT2D eigenvalue weighted by Crippen LogP contribution is -2.43. The first-order valence-electron chi connectivity index (χ1n) is 7.67. The van der Waals surface area contributed by atoms with Gasteiger partial charge in [-0.05, 0) is 6.07 Å². The van der Waals surface area contributed by atoms with E-state index < -0.39 is 10.8 Å². The van der Waals surface area contributed by atoms with Crippen molar-refractivity contribution in [1.82, 2.24) is 9.80 Å². The van der Waals surface area contributed by atoms with Crippen LogP contribution in [0.25, 0.3) is 0 Å². The van der Waals surface area contributed by atoms with Crippen LogP contribution in [0.15, 0.2) is 30.0 Å². The monoisotopic (exact) mass is 359 g/mol. The molecule has 1 aliphatic heterocycles. The van der Waals surface area contributed by atoms with Crippen molar-refractivity contribution in [1.29, 1.82) is 5.26 Å². The summed E-state index contributed by atoms with van der Waals surface area (Å²) >= 11 is 0. The van der Waals surface area contributed by atoms with Gasteiger partial charge >= 0.3 is 0 Å². The number of nitrogens with zero attached hydrogens (tertiary/aromatic N) is 4. The number of anilines is 1. The molecule has 10 nitrogen and oxygen atoms in total. The highest BCUT2D eigenvalue weighted by molar-refractivity contribution is 6.07. The van der Waals surface area contributed by atoms with Crippen molar-refractivity contribution in [2.75, 3.05) is 38.6 Å². The van der Waals surface area contributed by atoms with Crippen LogP contribution in [0.4, 0.5) is 11.4 Å². The van der Waals surface area contributed by atoms with Crippen LogP contribution in [0, 0.1) is 21.4 Å². The number of benzene rings is 1. The molecule has 0 atom stereocenters. The second kappa shape index (κ2) is 8.48. The van der Waals surface area contributed by atoms with Gasteiger partial charge < -0.3 is 19.9 Å². The van der Waals surface area contributed by atoms with Crippen molar-refractivity contribution in [2.45, 2.75) is 0 Å². The minimum atomic E-state index is -0.655. The average Bonchev–Trinajstić information content (AvgIpc) is 2.66. The third kappa shape index (κ3) is 4.47. The second-order valence-electron chi connectivity index (χ2n) is 5.43. The molecule has 0 bridgehead atoms. The number of non-ortho nitro benzene ring substituents is 1. The normalized spacial score (nSPS) is 14.4. The van der Waals surface area contributed by atoms with E-state index in [1.807, 2.05) is 6.07 Å².